The number of imidazole rings is 1. The van der Waals surface area contributed by atoms with Gasteiger partial charge in [0.25, 0.3) is 0 Å². The Hall–Kier alpha value is -2.27. The SMILES string of the molecule is CC/C=C(\OC)c1nc2c(n1C)CN(Cc1ccccc1OC)CC2. The van der Waals surface area contributed by atoms with Crippen molar-refractivity contribution in [1.82, 2.24) is 14.5 Å². The Morgan fingerprint density at radius 1 is 1.28 bits per heavy atom. The molecule has 0 saturated heterocycles. The maximum absolute atomic E-state index is 5.54. The molecule has 0 N–H and O–H groups in total. The number of hydrogen-bond acceptors (Lipinski definition) is 4. The van der Waals surface area contributed by atoms with Gasteiger partial charge in [-0.3, -0.25) is 4.90 Å². The zero-order valence-corrected chi connectivity index (χ0v) is 15.6. The largest absolute Gasteiger partial charge is 0.496 e. The van der Waals surface area contributed by atoms with Gasteiger partial charge in [-0.2, -0.15) is 0 Å². The van der Waals surface area contributed by atoms with Crippen molar-refractivity contribution in [2.45, 2.75) is 32.9 Å². The molecule has 3 rings (SSSR count). The Bertz CT molecular complexity index is 764. The van der Waals surface area contributed by atoms with E-state index in [1.165, 1.54) is 17.0 Å². The maximum atomic E-state index is 5.54. The molecular weight excluding hydrogens is 314 g/mol. The highest BCUT2D eigenvalue weighted by Crippen LogP contribution is 2.26. The first kappa shape index (κ1) is 17.5. The van der Waals surface area contributed by atoms with E-state index in [9.17, 15) is 0 Å². The van der Waals surface area contributed by atoms with Gasteiger partial charge in [0, 0.05) is 38.7 Å². The van der Waals surface area contributed by atoms with Gasteiger partial charge in [-0.25, -0.2) is 4.98 Å². The second kappa shape index (κ2) is 7.74. The summed E-state index contributed by atoms with van der Waals surface area (Å²) >= 11 is 0. The van der Waals surface area contributed by atoms with E-state index in [1.807, 2.05) is 12.1 Å². The van der Waals surface area contributed by atoms with Gasteiger partial charge in [-0.05, 0) is 18.6 Å². The third kappa shape index (κ3) is 3.56. The van der Waals surface area contributed by atoms with Gasteiger partial charge >= 0.3 is 0 Å². The summed E-state index contributed by atoms with van der Waals surface area (Å²) in [6.45, 7) is 4.88. The molecule has 0 amide bonds. The molecule has 0 aliphatic carbocycles. The second-order valence-corrected chi connectivity index (χ2v) is 6.34. The summed E-state index contributed by atoms with van der Waals surface area (Å²) in [5.74, 6) is 2.73. The minimum atomic E-state index is 0.857. The molecule has 25 heavy (non-hydrogen) atoms. The minimum Gasteiger partial charge on any atom is -0.496 e. The molecule has 0 unspecified atom stereocenters. The topological polar surface area (TPSA) is 39.5 Å². The molecule has 1 aliphatic rings. The number of rotatable bonds is 6. The van der Waals surface area contributed by atoms with Crippen molar-refractivity contribution >= 4 is 5.76 Å². The zero-order chi connectivity index (χ0) is 17.8. The smallest absolute Gasteiger partial charge is 0.175 e. The quantitative estimate of drug-likeness (QED) is 0.755. The number of nitrogens with zero attached hydrogens (tertiary/aromatic N) is 3. The standard InChI is InChI=1S/C20H27N3O2/c1-5-8-19(25-4)20-21-16-11-12-23(14-17(16)22(20)2)13-15-9-6-7-10-18(15)24-3/h6-10H,5,11-14H2,1-4H3/b19-8-. The number of allylic oxidation sites excluding steroid dienone is 1. The molecule has 1 aromatic heterocycles. The molecule has 0 spiro atoms. The van der Waals surface area contributed by atoms with E-state index in [1.54, 1.807) is 14.2 Å². The zero-order valence-electron chi connectivity index (χ0n) is 15.6. The molecule has 1 aliphatic heterocycles. The highest BCUT2D eigenvalue weighted by atomic mass is 16.5. The van der Waals surface area contributed by atoms with E-state index in [0.717, 1.165) is 49.8 Å². The van der Waals surface area contributed by atoms with Crippen LogP contribution in [-0.2, 0) is 31.3 Å². The summed E-state index contributed by atoms with van der Waals surface area (Å²) in [5.41, 5.74) is 3.68. The molecule has 2 heterocycles. The van der Waals surface area contributed by atoms with Crippen molar-refractivity contribution in [1.29, 1.82) is 0 Å². The summed E-state index contributed by atoms with van der Waals surface area (Å²) in [7, 11) is 5.52. The lowest BCUT2D eigenvalue weighted by molar-refractivity contribution is 0.234. The van der Waals surface area contributed by atoms with Crippen LogP contribution < -0.4 is 4.74 Å². The summed E-state index contributed by atoms with van der Waals surface area (Å²) in [6.07, 6.45) is 3.97. The van der Waals surface area contributed by atoms with E-state index in [0.29, 0.717) is 0 Å². The summed E-state index contributed by atoms with van der Waals surface area (Å²) in [5, 5.41) is 0. The van der Waals surface area contributed by atoms with Crippen LogP contribution in [0.4, 0.5) is 0 Å². The number of fused-ring (bicyclic) bond motifs is 1. The van der Waals surface area contributed by atoms with E-state index in [4.69, 9.17) is 14.5 Å². The van der Waals surface area contributed by atoms with Crippen LogP contribution >= 0.6 is 0 Å². The van der Waals surface area contributed by atoms with Crippen LogP contribution in [-0.4, -0.2) is 35.2 Å². The molecule has 5 heteroatoms. The normalized spacial score (nSPS) is 15.1. The van der Waals surface area contributed by atoms with E-state index < -0.39 is 0 Å². The van der Waals surface area contributed by atoms with Crippen LogP contribution in [0.3, 0.4) is 0 Å². The second-order valence-electron chi connectivity index (χ2n) is 6.34. The molecule has 134 valence electrons. The average Bonchev–Trinajstić information content (AvgIpc) is 2.96. The highest BCUT2D eigenvalue weighted by molar-refractivity contribution is 5.54. The van der Waals surface area contributed by atoms with Crippen LogP contribution in [0.2, 0.25) is 0 Å². The molecule has 0 atom stereocenters. The Kier molecular flexibility index (Phi) is 5.43. The van der Waals surface area contributed by atoms with Crippen molar-refractivity contribution in [3.8, 4) is 5.75 Å². The van der Waals surface area contributed by atoms with E-state index in [2.05, 4.69) is 41.6 Å². The lowest BCUT2D eigenvalue weighted by Crippen LogP contribution is -2.31. The third-order valence-electron chi connectivity index (χ3n) is 4.75. The third-order valence-corrected chi connectivity index (χ3v) is 4.75. The van der Waals surface area contributed by atoms with Crippen molar-refractivity contribution in [2.24, 2.45) is 7.05 Å². The first-order valence-corrected chi connectivity index (χ1v) is 8.81. The van der Waals surface area contributed by atoms with Crippen molar-refractivity contribution in [3.63, 3.8) is 0 Å². The molecule has 1 aromatic carbocycles. The number of aromatic nitrogens is 2. The maximum Gasteiger partial charge on any atom is 0.175 e. The van der Waals surface area contributed by atoms with Crippen LogP contribution in [0.25, 0.3) is 5.76 Å². The summed E-state index contributed by atoms with van der Waals surface area (Å²) in [4.78, 5) is 7.28. The Morgan fingerprint density at radius 3 is 2.80 bits per heavy atom. The minimum absolute atomic E-state index is 0.857. The van der Waals surface area contributed by atoms with Crippen LogP contribution in [0.5, 0.6) is 5.75 Å². The van der Waals surface area contributed by atoms with Gasteiger partial charge in [0.1, 0.15) is 5.75 Å². The average molecular weight is 341 g/mol. The lowest BCUT2D eigenvalue weighted by Gasteiger charge is -2.27. The van der Waals surface area contributed by atoms with Crippen LogP contribution in [0.1, 0.15) is 36.1 Å². The Labute approximate surface area is 149 Å². The first-order chi connectivity index (χ1) is 12.2. The van der Waals surface area contributed by atoms with Gasteiger partial charge in [-0.15, -0.1) is 0 Å². The van der Waals surface area contributed by atoms with Crippen LogP contribution in [0.15, 0.2) is 30.3 Å². The molecule has 0 bridgehead atoms. The molecule has 0 saturated carbocycles. The fourth-order valence-electron chi connectivity index (χ4n) is 3.42. The fourth-order valence-corrected chi connectivity index (χ4v) is 3.42. The number of benzene rings is 1. The predicted molar refractivity (Wildman–Crippen MR) is 99.3 cm³/mol. The molecule has 0 radical (unpaired) electrons. The highest BCUT2D eigenvalue weighted by Gasteiger charge is 2.24. The van der Waals surface area contributed by atoms with Gasteiger partial charge in [0.05, 0.1) is 25.6 Å². The summed E-state index contributed by atoms with van der Waals surface area (Å²) in [6, 6.07) is 8.23. The summed E-state index contributed by atoms with van der Waals surface area (Å²) < 4.78 is 13.2. The Balaban J connectivity index is 1.82. The Morgan fingerprint density at radius 2 is 2.08 bits per heavy atom. The van der Waals surface area contributed by atoms with E-state index in [-0.39, 0.29) is 0 Å². The molecular formula is C20H27N3O2. The van der Waals surface area contributed by atoms with E-state index >= 15 is 0 Å². The van der Waals surface area contributed by atoms with Crippen molar-refractivity contribution in [2.75, 3.05) is 20.8 Å². The number of ether oxygens (including phenoxy) is 2. The predicted octanol–water partition coefficient (Wildman–Crippen LogP) is 3.38. The van der Waals surface area contributed by atoms with Gasteiger partial charge < -0.3 is 14.0 Å². The van der Waals surface area contributed by atoms with Crippen LogP contribution in [0, 0.1) is 0 Å². The number of hydrogen-bond donors (Lipinski definition) is 0. The monoisotopic (exact) mass is 341 g/mol. The van der Waals surface area contributed by atoms with Gasteiger partial charge in [0.2, 0.25) is 0 Å². The fraction of sp³-hybridized carbons (Fsp3) is 0.450. The van der Waals surface area contributed by atoms with Crippen molar-refractivity contribution < 1.29 is 9.47 Å². The molecule has 2 aromatic rings. The number of para-hydroxylation sites is 1. The van der Waals surface area contributed by atoms with Gasteiger partial charge in [0.15, 0.2) is 11.6 Å². The lowest BCUT2D eigenvalue weighted by atomic mass is 10.1. The molecule has 0 fully saturated rings. The first-order valence-electron chi connectivity index (χ1n) is 8.81. The number of methoxy groups -OCH3 is 2. The van der Waals surface area contributed by atoms with Gasteiger partial charge in [-0.1, -0.05) is 25.1 Å². The molecule has 5 nitrogen and oxygen atoms in total. The van der Waals surface area contributed by atoms with Crippen molar-refractivity contribution in [3.05, 3.63) is 53.1 Å².